The van der Waals surface area contributed by atoms with Crippen molar-refractivity contribution < 1.29 is 0 Å². The second kappa shape index (κ2) is 7.45. The minimum Gasteiger partial charge on any atom is -0.315 e. The lowest BCUT2D eigenvalue weighted by molar-refractivity contribution is 0.284. The lowest BCUT2D eigenvalue weighted by Crippen LogP contribution is -2.27. The standard InChI is InChI=1S/C12H16Cl2N2.ClH/c13-11-3-2-10(12(14)8-11)9-16-6-1-4-15-5-7-16;/h2-3,8,15H,1,4-7,9H2;1H. The summed E-state index contributed by atoms with van der Waals surface area (Å²) < 4.78 is 0. The van der Waals surface area contributed by atoms with Crippen molar-refractivity contribution >= 4 is 35.6 Å². The maximum absolute atomic E-state index is 6.16. The van der Waals surface area contributed by atoms with Gasteiger partial charge in [0, 0.05) is 29.7 Å². The van der Waals surface area contributed by atoms with Crippen molar-refractivity contribution in [3.8, 4) is 0 Å². The Bertz CT molecular complexity index is 350. The molecule has 0 aromatic heterocycles. The fourth-order valence-corrected chi connectivity index (χ4v) is 2.42. The molecule has 1 aromatic rings. The van der Waals surface area contributed by atoms with Crippen LogP contribution in [0.25, 0.3) is 0 Å². The molecule has 0 bridgehead atoms. The van der Waals surface area contributed by atoms with Gasteiger partial charge in [0.2, 0.25) is 0 Å². The Morgan fingerprint density at radius 2 is 2.00 bits per heavy atom. The fraction of sp³-hybridized carbons (Fsp3) is 0.500. The minimum absolute atomic E-state index is 0. The van der Waals surface area contributed by atoms with Crippen LogP contribution in [0.2, 0.25) is 10.0 Å². The third-order valence-corrected chi connectivity index (χ3v) is 3.43. The van der Waals surface area contributed by atoms with Gasteiger partial charge >= 0.3 is 0 Å². The zero-order chi connectivity index (χ0) is 11.4. The van der Waals surface area contributed by atoms with Gasteiger partial charge in [0.25, 0.3) is 0 Å². The molecule has 2 nitrogen and oxygen atoms in total. The first kappa shape index (κ1) is 15.1. The van der Waals surface area contributed by atoms with E-state index < -0.39 is 0 Å². The summed E-state index contributed by atoms with van der Waals surface area (Å²) >= 11 is 12.0. The number of nitrogens with zero attached hydrogens (tertiary/aromatic N) is 1. The monoisotopic (exact) mass is 294 g/mol. The Morgan fingerprint density at radius 1 is 1.18 bits per heavy atom. The summed E-state index contributed by atoms with van der Waals surface area (Å²) in [4.78, 5) is 2.43. The van der Waals surface area contributed by atoms with E-state index in [-0.39, 0.29) is 12.4 Å². The summed E-state index contributed by atoms with van der Waals surface area (Å²) in [5, 5.41) is 4.86. The lowest BCUT2D eigenvalue weighted by Gasteiger charge is -2.20. The third-order valence-electron chi connectivity index (χ3n) is 2.84. The molecular weight excluding hydrogens is 279 g/mol. The lowest BCUT2D eigenvalue weighted by atomic mass is 10.2. The van der Waals surface area contributed by atoms with Gasteiger partial charge in [-0.3, -0.25) is 4.90 Å². The Labute approximate surface area is 119 Å². The normalized spacial score (nSPS) is 17.3. The summed E-state index contributed by atoms with van der Waals surface area (Å²) in [5.74, 6) is 0. The van der Waals surface area contributed by atoms with Crippen LogP contribution in [0.1, 0.15) is 12.0 Å². The van der Waals surface area contributed by atoms with Gasteiger partial charge in [0.05, 0.1) is 0 Å². The number of nitrogens with one attached hydrogen (secondary N) is 1. The first-order chi connectivity index (χ1) is 7.75. The molecule has 1 aliphatic heterocycles. The van der Waals surface area contributed by atoms with Crippen molar-refractivity contribution in [1.29, 1.82) is 0 Å². The van der Waals surface area contributed by atoms with Crippen LogP contribution in [-0.2, 0) is 6.54 Å². The maximum atomic E-state index is 6.16. The van der Waals surface area contributed by atoms with Crippen LogP contribution in [0.15, 0.2) is 18.2 Å². The van der Waals surface area contributed by atoms with Gasteiger partial charge in [-0.05, 0) is 37.2 Å². The highest BCUT2D eigenvalue weighted by atomic mass is 35.5. The first-order valence-corrected chi connectivity index (χ1v) is 6.38. The van der Waals surface area contributed by atoms with E-state index in [4.69, 9.17) is 23.2 Å². The van der Waals surface area contributed by atoms with Gasteiger partial charge in [-0.2, -0.15) is 0 Å². The molecule has 2 rings (SSSR count). The number of hydrogen-bond donors (Lipinski definition) is 1. The van der Waals surface area contributed by atoms with E-state index in [2.05, 4.69) is 10.2 Å². The van der Waals surface area contributed by atoms with Crippen molar-refractivity contribution in [2.45, 2.75) is 13.0 Å². The minimum atomic E-state index is 0. The van der Waals surface area contributed by atoms with E-state index in [1.165, 1.54) is 6.42 Å². The van der Waals surface area contributed by atoms with Crippen LogP contribution >= 0.6 is 35.6 Å². The average Bonchev–Trinajstić information content (AvgIpc) is 2.51. The van der Waals surface area contributed by atoms with Crippen LogP contribution in [0.4, 0.5) is 0 Å². The molecule has 0 spiro atoms. The second-order valence-electron chi connectivity index (χ2n) is 4.12. The maximum Gasteiger partial charge on any atom is 0.0465 e. The van der Waals surface area contributed by atoms with Crippen molar-refractivity contribution in [1.82, 2.24) is 10.2 Å². The van der Waals surface area contributed by atoms with Crippen LogP contribution in [0.5, 0.6) is 0 Å². The molecular formula is C12H17Cl3N2. The molecule has 1 N–H and O–H groups in total. The predicted octanol–water partition coefficient (Wildman–Crippen LogP) is 3.21. The van der Waals surface area contributed by atoms with Crippen molar-refractivity contribution in [2.75, 3.05) is 26.2 Å². The highest BCUT2D eigenvalue weighted by Crippen LogP contribution is 2.22. The Kier molecular flexibility index (Phi) is 6.60. The second-order valence-corrected chi connectivity index (χ2v) is 4.96. The Hall–Kier alpha value is 0.01000. The molecule has 1 heterocycles. The summed E-state index contributed by atoms with van der Waals surface area (Å²) in [5.41, 5.74) is 1.16. The van der Waals surface area contributed by atoms with Crippen molar-refractivity contribution in [2.24, 2.45) is 0 Å². The summed E-state index contributed by atoms with van der Waals surface area (Å²) in [6.07, 6.45) is 1.20. The van der Waals surface area contributed by atoms with E-state index >= 15 is 0 Å². The smallest absolute Gasteiger partial charge is 0.0465 e. The topological polar surface area (TPSA) is 15.3 Å². The van der Waals surface area contributed by atoms with Crippen LogP contribution < -0.4 is 5.32 Å². The summed E-state index contributed by atoms with van der Waals surface area (Å²) in [7, 11) is 0. The summed E-state index contributed by atoms with van der Waals surface area (Å²) in [6, 6.07) is 5.73. The van der Waals surface area contributed by atoms with Crippen molar-refractivity contribution in [3.05, 3.63) is 33.8 Å². The van der Waals surface area contributed by atoms with Gasteiger partial charge in [-0.1, -0.05) is 29.3 Å². The van der Waals surface area contributed by atoms with Crippen LogP contribution in [0, 0.1) is 0 Å². The van der Waals surface area contributed by atoms with Gasteiger partial charge in [0.1, 0.15) is 0 Å². The zero-order valence-electron chi connectivity index (χ0n) is 9.59. The molecule has 0 aliphatic carbocycles. The zero-order valence-corrected chi connectivity index (χ0v) is 11.9. The predicted molar refractivity (Wildman–Crippen MR) is 76.5 cm³/mol. The van der Waals surface area contributed by atoms with E-state index in [0.29, 0.717) is 5.02 Å². The molecule has 1 saturated heterocycles. The Balaban J connectivity index is 0.00000144. The highest BCUT2D eigenvalue weighted by molar-refractivity contribution is 6.35. The Morgan fingerprint density at radius 3 is 2.76 bits per heavy atom. The summed E-state index contributed by atoms with van der Waals surface area (Å²) in [6.45, 7) is 5.30. The molecule has 0 saturated carbocycles. The molecule has 1 aromatic carbocycles. The first-order valence-electron chi connectivity index (χ1n) is 5.63. The number of halogens is 3. The fourth-order valence-electron chi connectivity index (χ4n) is 1.95. The van der Waals surface area contributed by atoms with Crippen LogP contribution in [-0.4, -0.2) is 31.1 Å². The van der Waals surface area contributed by atoms with Gasteiger partial charge in [0.15, 0.2) is 0 Å². The molecule has 1 aliphatic rings. The number of hydrogen-bond acceptors (Lipinski definition) is 2. The van der Waals surface area contributed by atoms with E-state index in [9.17, 15) is 0 Å². The quantitative estimate of drug-likeness (QED) is 0.901. The van der Waals surface area contributed by atoms with E-state index in [0.717, 1.165) is 43.3 Å². The molecule has 5 heteroatoms. The third kappa shape index (κ3) is 4.65. The molecule has 0 atom stereocenters. The van der Waals surface area contributed by atoms with Gasteiger partial charge < -0.3 is 5.32 Å². The van der Waals surface area contributed by atoms with Gasteiger partial charge in [-0.15, -0.1) is 12.4 Å². The molecule has 0 radical (unpaired) electrons. The largest absolute Gasteiger partial charge is 0.315 e. The highest BCUT2D eigenvalue weighted by Gasteiger charge is 2.10. The van der Waals surface area contributed by atoms with Crippen molar-refractivity contribution in [3.63, 3.8) is 0 Å². The average molecular weight is 296 g/mol. The van der Waals surface area contributed by atoms with Gasteiger partial charge in [-0.25, -0.2) is 0 Å². The number of benzene rings is 1. The van der Waals surface area contributed by atoms with E-state index in [1.807, 2.05) is 18.2 Å². The molecule has 1 fully saturated rings. The van der Waals surface area contributed by atoms with Crippen LogP contribution in [0.3, 0.4) is 0 Å². The van der Waals surface area contributed by atoms with E-state index in [1.54, 1.807) is 0 Å². The number of rotatable bonds is 2. The molecule has 96 valence electrons. The molecule has 0 unspecified atom stereocenters. The molecule has 17 heavy (non-hydrogen) atoms. The SMILES string of the molecule is Cl.Clc1ccc(CN2CCCNCC2)c(Cl)c1. The molecule has 0 amide bonds.